The van der Waals surface area contributed by atoms with Crippen molar-refractivity contribution in [2.75, 3.05) is 39.4 Å². The number of aromatic amines is 1. The number of nitrogens with one attached hydrogen (secondary N) is 1. The van der Waals surface area contributed by atoms with Crippen LogP contribution >= 0.6 is 0 Å². The Bertz CT molecular complexity index is 1320. The molecule has 36 heavy (non-hydrogen) atoms. The molecule has 0 radical (unpaired) electrons. The predicted octanol–water partition coefficient (Wildman–Crippen LogP) is 3.87. The number of carbonyl (C=O) groups excluding carboxylic acids is 1. The number of fused-ring (bicyclic) bond motifs is 3. The number of carbonyl (C=O) groups is 1. The van der Waals surface area contributed by atoms with Crippen LogP contribution in [0.1, 0.15) is 67.4 Å². The monoisotopic (exact) mass is 491 g/mol. The number of H-pyrrole nitrogens is 1. The second-order valence-corrected chi connectivity index (χ2v) is 11.1. The highest BCUT2D eigenvalue weighted by Gasteiger charge is 2.30. The summed E-state index contributed by atoms with van der Waals surface area (Å²) in [5, 5.41) is 6.08. The molecule has 8 heteroatoms. The highest BCUT2D eigenvalue weighted by atomic mass is 16.5. The van der Waals surface area contributed by atoms with E-state index in [9.17, 15) is 9.59 Å². The third-order valence-corrected chi connectivity index (χ3v) is 8.78. The molecule has 3 fully saturated rings. The van der Waals surface area contributed by atoms with E-state index in [1.54, 1.807) is 6.20 Å². The molecule has 2 saturated heterocycles. The minimum absolute atomic E-state index is 0.0859. The average molecular weight is 492 g/mol. The van der Waals surface area contributed by atoms with Gasteiger partial charge in [0.05, 0.1) is 28.7 Å². The number of piperazine rings is 1. The van der Waals surface area contributed by atoms with Gasteiger partial charge in [-0.1, -0.05) is 6.92 Å². The van der Waals surface area contributed by atoms with Gasteiger partial charge in [-0.25, -0.2) is 0 Å². The number of amides is 1. The minimum atomic E-state index is -0.137. The Morgan fingerprint density at radius 1 is 0.972 bits per heavy atom. The van der Waals surface area contributed by atoms with Gasteiger partial charge in [0.1, 0.15) is 0 Å². The summed E-state index contributed by atoms with van der Waals surface area (Å²) in [5.74, 6) is 0.937. The smallest absolute Gasteiger partial charge is 0.259 e. The van der Waals surface area contributed by atoms with E-state index in [4.69, 9.17) is 4.74 Å². The summed E-state index contributed by atoms with van der Waals surface area (Å²) in [6.45, 7) is 9.15. The Morgan fingerprint density at radius 2 is 1.69 bits per heavy atom. The molecule has 1 aliphatic carbocycles. The Kier molecular flexibility index (Phi) is 6.33. The lowest BCUT2D eigenvalue weighted by molar-refractivity contribution is 0.0501. The number of rotatable bonds is 3. The van der Waals surface area contributed by atoms with Gasteiger partial charge in [0.2, 0.25) is 0 Å². The molecule has 1 amide bonds. The van der Waals surface area contributed by atoms with Gasteiger partial charge in [0.25, 0.3) is 11.5 Å². The van der Waals surface area contributed by atoms with E-state index in [1.807, 2.05) is 28.6 Å². The van der Waals surface area contributed by atoms with Crippen LogP contribution in [0.25, 0.3) is 21.8 Å². The average Bonchev–Trinajstić information content (AvgIpc) is 3.35. The Morgan fingerprint density at radius 3 is 2.42 bits per heavy atom. The highest BCUT2D eigenvalue weighted by molar-refractivity contribution is 6.07. The van der Waals surface area contributed by atoms with Gasteiger partial charge in [0, 0.05) is 56.4 Å². The molecule has 0 atom stereocenters. The van der Waals surface area contributed by atoms with Crippen LogP contribution in [-0.2, 0) is 4.74 Å². The van der Waals surface area contributed by atoms with Gasteiger partial charge in [-0.2, -0.15) is 5.10 Å². The summed E-state index contributed by atoms with van der Waals surface area (Å²) >= 11 is 0. The first kappa shape index (κ1) is 23.7. The van der Waals surface area contributed by atoms with Crippen molar-refractivity contribution in [1.29, 1.82) is 0 Å². The normalized spacial score (nSPS) is 24.6. The fourth-order valence-corrected chi connectivity index (χ4v) is 6.50. The molecule has 6 rings (SSSR count). The van der Waals surface area contributed by atoms with Crippen LogP contribution < -0.4 is 5.56 Å². The molecule has 8 nitrogen and oxygen atoms in total. The molecule has 2 aliphatic heterocycles. The zero-order valence-corrected chi connectivity index (χ0v) is 21.5. The van der Waals surface area contributed by atoms with Crippen molar-refractivity contribution in [2.24, 2.45) is 5.92 Å². The van der Waals surface area contributed by atoms with E-state index in [0.29, 0.717) is 24.6 Å². The largest absolute Gasteiger partial charge is 0.381 e. The molecule has 0 bridgehead atoms. The SMILES string of the molecule is Cc1cc2[nH]c(=O)c3cnn(C4CCOCC4)c3c2cc1C(=O)N1CCN(C2CCC(C)CC2)CC1. The fraction of sp³-hybridized carbons (Fsp3) is 0.607. The van der Waals surface area contributed by atoms with Gasteiger partial charge in [-0.05, 0) is 69.1 Å². The molecular weight excluding hydrogens is 454 g/mol. The molecule has 3 aliphatic rings. The van der Waals surface area contributed by atoms with Crippen LogP contribution in [0, 0.1) is 12.8 Å². The number of aromatic nitrogens is 3. The van der Waals surface area contributed by atoms with Gasteiger partial charge >= 0.3 is 0 Å². The topological polar surface area (TPSA) is 83.5 Å². The number of hydrogen-bond acceptors (Lipinski definition) is 5. The van der Waals surface area contributed by atoms with Crippen LogP contribution in [-0.4, -0.2) is 75.9 Å². The van der Waals surface area contributed by atoms with Crippen molar-refractivity contribution >= 4 is 27.7 Å². The van der Waals surface area contributed by atoms with E-state index in [-0.39, 0.29) is 17.5 Å². The second-order valence-electron chi connectivity index (χ2n) is 11.1. The molecule has 1 saturated carbocycles. The van der Waals surface area contributed by atoms with E-state index in [1.165, 1.54) is 25.7 Å². The second kappa shape index (κ2) is 9.63. The third-order valence-electron chi connectivity index (χ3n) is 8.78. The Hall–Kier alpha value is -2.71. The lowest BCUT2D eigenvalue weighted by Crippen LogP contribution is -2.52. The van der Waals surface area contributed by atoms with Crippen LogP contribution in [0.15, 0.2) is 23.1 Å². The molecule has 192 valence electrons. The van der Waals surface area contributed by atoms with Crippen molar-refractivity contribution in [3.63, 3.8) is 0 Å². The van der Waals surface area contributed by atoms with Gasteiger partial charge in [-0.15, -0.1) is 0 Å². The van der Waals surface area contributed by atoms with Crippen molar-refractivity contribution in [2.45, 2.75) is 64.5 Å². The van der Waals surface area contributed by atoms with Crippen LogP contribution in [0.5, 0.6) is 0 Å². The van der Waals surface area contributed by atoms with Crippen LogP contribution in [0.3, 0.4) is 0 Å². The maximum atomic E-state index is 13.7. The van der Waals surface area contributed by atoms with Crippen LogP contribution in [0.2, 0.25) is 0 Å². The Labute approximate surface area is 211 Å². The molecule has 1 N–H and O–H groups in total. The number of benzene rings is 1. The molecule has 0 unspecified atom stereocenters. The number of nitrogens with zero attached hydrogens (tertiary/aromatic N) is 4. The zero-order chi connectivity index (χ0) is 24.8. The molecule has 2 aromatic heterocycles. The summed E-state index contributed by atoms with van der Waals surface area (Å²) in [5.41, 5.74) is 3.05. The van der Waals surface area contributed by atoms with Crippen molar-refractivity contribution in [1.82, 2.24) is 24.6 Å². The lowest BCUT2D eigenvalue weighted by atomic mass is 9.86. The van der Waals surface area contributed by atoms with Gasteiger partial charge in [0.15, 0.2) is 0 Å². The first-order valence-corrected chi connectivity index (χ1v) is 13.6. The van der Waals surface area contributed by atoms with E-state index < -0.39 is 0 Å². The summed E-state index contributed by atoms with van der Waals surface area (Å²) in [6, 6.07) is 4.80. The summed E-state index contributed by atoms with van der Waals surface area (Å²) in [4.78, 5) is 34.2. The first-order chi connectivity index (χ1) is 17.5. The molecule has 0 spiro atoms. The standard InChI is InChI=1S/C28H37N5O3/c1-18-3-5-20(6-4-18)31-9-11-32(12-10-31)28(35)22-16-23-25(15-19(22)2)30-27(34)24-17-29-33(26(23)24)21-7-13-36-14-8-21/h15-18,20-21H,3-14H2,1-2H3,(H,30,34). The van der Waals surface area contributed by atoms with Gasteiger partial charge in [-0.3, -0.25) is 19.2 Å². The summed E-state index contributed by atoms with van der Waals surface area (Å²) < 4.78 is 7.53. The molecule has 3 aromatic rings. The lowest BCUT2D eigenvalue weighted by Gasteiger charge is -2.41. The number of aryl methyl sites for hydroxylation is 1. The summed E-state index contributed by atoms with van der Waals surface area (Å²) in [6.07, 6.45) is 8.61. The number of ether oxygens (including phenoxy) is 1. The first-order valence-electron chi connectivity index (χ1n) is 13.6. The third kappa shape index (κ3) is 4.24. The zero-order valence-electron chi connectivity index (χ0n) is 21.5. The molecule has 4 heterocycles. The van der Waals surface area contributed by atoms with E-state index >= 15 is 0 Å². The van der Waals surface area contributed by atoms with Crippen molar-refractivity contribution in [3.05, 3.63) is 39.8 Å². The number of pyridine rings is 1. The molecule has 1 aromatic carbocycles. The number of hydrogen-bond donors (Lipinski definition) is 1. The highest BCUT2D eigenvalue weighted by Crippen LogP contribution is 2.31. The fourth-order valence-electron chi connectivity index (χ4n) is 6.50. The van der Waals surface area contributed by atoms with E-state index in [2.05, 4.69) is 21.9 Å². The summed E-state index contributed by atoms with van der Waals surface area (Å²) in [7, 11) is 0. The maximum Gasteiger partial charge on any atom is 0.259 e. The van der Waals surface area contributed by atoms with Crippen molar-refractivity contribution in [3.8, 4) is 0 Å². The Balaban J connectivity index is 1.29. The van der Waals surface area contributed by atoms with E-state index in [0.717, 1.165) is 72.5 Å². The predicted molar refractivity (Wildman–Crippen MR) is 141 cm³/mol. The van der Waals surface area contributed by atoms with Gasteiger partial charge < -0.3 is 14.6 Å². The quantitative estimate of drug-likeness (QED) is 0.601. The van der Waals surface area contributed by atoms with Crippen LogP contribution in [0.4, 0.5) is 0 Å². The molecular formula is C28H37N5O3. The minimum Gasteiger partial charge on any atom is -0.381 e. The van der Waals surface area contributed by atoms with Crippen molar-refractivity contribution < 1.29 is 9.53 Å². The maximum absolute atomic E-state index is 13.7.